The maximum atomic E-state index is 12.2. The molecule has 0 saturated carbocycles. The fourth-order valence-corrected chi connectivity index (χ4v) is 2.16. The summed E-state index contributed by atoms with van der Waals surface area (Å²) in [7, 11) is 0. The van der Waals surface area contributed by atoms with Gasteiger partial charge in [-0.3, -0.25) is 9.59 Å². The van der Waals surface area contributed by atoms with E-state index in [2.05, 4.69) is 10.6 Å². The highest BCUT2D eigenvalue weighted by atomic mass is 16.6. The lowest BCUT2D eigenvalue weighted by Gasteiger charge is -2.26. The number of esters is 1. The molecule has 21 heavy (non-hydrogen) atoms. The molecule has 1 fully saturated rings. The van der Waals surface area contributed by atoms with Gasteiger partial charge in [-0.15, -0.1) is 0 Å². The maximum absolute atomic E-state index is 12.2. The molecule has 7 nitrogen and oxygen atoms in total. The Bertz CT molecular complexity index is 422. The van der Waals surface area contributed by atoms with Crippen molar-refractivity contribution in [1.29, 1.82) is 0 Å². The second kappa shape index (κ2) is 6.43. The lowest BCUT2D eigenvalue weighted by atomic mass is 9.98. The lowest BCUT2D eigenvalue weighted by Crippen LogP contribution is -2.55. The number of carbonyl (C=O) groups excluding carboxylic acids is 2. The predicted molar refractivity (Wildman–Crippen MR) is 75.7 cm³/mol. The maximum Gasteiger partial charge on any atom is 0.326 e. The first-order valence-electron chi connectivity index (χ1n) is 7.04. The smallest absolute Gasteiger partial charge is 0.326 e. The van der Waals surface area contributed by atoms with Crippen molar-refractivity contribution in [3.8, 4) is 0 Å². The molecule has 1 unspecified atom stereocenters. The van der Waals surface area contributed by atoms with E-state index in [1.807, 2.05) is 0 Å². The molecule has 7 heteroatoms. The van der Waals surface area contributed by atoms with E-state index >= 15 is 0 Å². The molecule has 120 valence electrons. The molecule has 1 heterocycles. The van der Waals surface area contributed by atoms with Crippen molar-refractivity contribution < 1.29 is 24.2 Å². The number of carbonyl (C=O) groups is 3. The number of carboxylic acids is 1. The number of rotatable bonds is 5. The Morgan fingerprint density at radius 2 is 2.00 bits per heavy atom. The van der Waals surface area contributed by atoms with Crippen molar-refractivity contribution in [1.82, 2.24) is 10.6 Å². The summed E-state index contributed by atoms with van der Waals surface area (Å²) in [6, 6.07) is -1.29. The summed E-state index contributed by atoms with van der Waals surface area (Å²) in [5, 5.41) is 14.6. The second-order valence-corrected chi connectivity index (χ2v) is 6.52. The third-order valence-corrected chi connectivity index (χ3v) is 3.26. The van der Waals surface area contributed by atoms with Gasteiger partial charge >= 0.3 is 11.9 Å². The monoisotopic (exact) mass is 300 g/mol. The van der Waals surface area contributed by atoms with Crippen molar-refractivity contribution in [2.75, 3.05) is 6.54 Å². The van der Waals surface area contributed by atoms with Crippen LogP contribution in [0.3, 0.4) is 0 Å². The SMILES string of the molecule is CC(C)(C)OC(=O)C[C@H](NC(=O)C1(C)CCCN1)C(=O)O. The summed E-state index contributed by atoms with van der Waals surface area (Å²) in [5.41, 5.74) is -1.47. The van der Waals surface area contributed by atoms with Gasteiger partial charge in [-0.1, -0.05) is 0 Å². The van der Waals surface area contributed by atoms with Crippen LogP contribution in [0.5, 0.6) is 0 Å². The van der Waals surface area contributed by atoms with Crippen LogP contribution in [0, 0.1) is 0 Å². The van der Waals surface area contributed by atoms with E-state index in [4.69, 9.17) is 9.84 Å². The van der Waals surface area contributed by atoms with Gasteiger partial charge in [-0.05, 0) is 47.1 Å². The molecule has 0 aromatic rings. The van der Waals surface area contributed by atoms with Crippen LogP contribution >= 0.6 is 0 Å². The van der Waals surface area contributed by atoms with Crippen LogP contribution in [0.2, 0.25) is 0 Å². The van der Waals surface area contributed by atoms with Gasteiger partial charge in [0.05, 0.1) is 12.0 Å². The highest BCUT2D eigenvalue weighted by Gasteiger charge is 2.38. The first kappa shape index (κ1) is 17.4. The van der Waals surface area contributed by atoms with Gasteiger partial charge < -0.3 is 20.5 Å². The number of hydrogen-bond acceptors (Lipinski definition) is 5. The predicted octanol–water partition coefficient (Wildman–Crippen LogP) is 0.430. The first-order chi connectivity index (χ1) is 9.53. The van der Waals surface area contributed by atoms with E-state index in [0.717, 1.165) is 6.42 Å². The summed E-state index contributed by atoms with van der Waals surface area (Å²) < 4.78 is 5.08. The van der Waals surface area contributed by atoms with Gasteiger partial charge in [0.2, 0.25) is 5.91 Å². The molecule has 1 rings (SSSR count). The lowest BCUT2D eigenvalue weighted by molar-refractivity contribution is -0.158. The first-order valence-corrected chi connectivity index (χ1v) is 7.04. The molecule has 1 aliphatic rings. The standard InChI is InChI=1S/C14H24N2O5/c1-13(2,3)21-10(17)8-9(11(18)19)16-12(20)14(4)6-5-7-15-14/h9,15H,5-8H2,1-4H3,(H,16,20)(H,18,19)/t9-,14?/m0/s1. The molecule has 0 aromatic carbocycles. The minimum Gasteiger partial charge on any atom is -0.480 e. The van der Waals surface area contributed by atoms with Gasteiger partial charge in [-0.2, -0.15) is 0 Å². The van der Waals surface area contributed by atoms with Gasteiger partial charge in [0.25, 0.3) is 0 Å². The molecule has 0 spiro atoms. The van der Waals surface area contributed by atoms with Gasteiger partial charge in [0.15, 0.2) is 0 Å². The topological polar surface area (TPSA) is 105 Å². The van der Waals surface area contributed by atoms with Crippen LogP contribution in [0.25, 0.3) is 0 Å². The molecule has 2 atom stereocenters. The Kier molecular flexibility index (Phi) is 5.33. The molecule has 3 N–H and O–H groups in total. The van der Waals surface area contributed by atoms with E-state index in [9.17, 15) is 14.4 Å². The fourth-order valence-electron chi connectivity index (χ4n) is 2.16. The third kappa shape index (κ3) is 5.34. The normalized spacial score (nSPS) is 23.4. The van der Waals surface area contributed by atoms with Crippen molar-refractivity contribution in [2.24, 2.45) is 0 Å². The zero-order valence-corrected chi connectivity index (χ0v) is 13.0. The number of hydrogen-bond donors (Lipinski definition) is 3. The summed E-state index contributed by atoms with van der Waals surface area (Å²) in [6.45, 7) is 7.53. The zero-order valence-electron chi connectivity index (χ0n) is 13.0. The Morgan fingerprint density at radius 3 is 2.43 bits per heavy atom. The average molecular weight is 300 g/mol. The van der Waals surface area contributed by atoms with Crippen molar-refractivity contribution in [3.63, 3.8) is 0 Å². The molecular weight excluding hydrogens is 276 g/mol. The number of aliphatic carboxylic acids is 1. The van der Waals surface area contributed by atoms with E-state index in [1.54, 1.807) is 27.7 Å². The van der Waals surface area contributed by atoms with E-state index in [0.29, 0.717) is 13.0 Å². The van der Waals surface area contributed by atoms with E-state index in [-0.39, 0.29) is 0 Å². The van der Waals surface area contributed by atoms with Gasteiger partial charge in [-0.25, -0.2) is 4.79 Å². The highest BCUT2D eigenvalue weighted by Crippen LogP contribution is 2.19. The van der Waals surface area contributed by atoms with Gasteiger partial charge in [0.1, 0.15) is 11.6 Å². The zero-order chi connectivity index (χ0) is 16.3. The van der Waals surface area contributed by atoms with Crippen molar-refractivity contribution >= 4 is 17.8 Å². The largest absolute Gasteiger partial charge is 0.480 e. The van der Waals surface area contributed by atoms with Crippen molar-refractivity contribution in [2.45, 2.75) is 64.1 Å². The van der Waals surface area contributed by atoms with Gasteiger partial charge in [0, 0.05) is 0 Å². The Morgan fingerprint density at radius 1 is 1.38 bits per heavy atom. The number of carboxylic acid groups (broad SMARTS) is 1. The quantitative estimate of drug-likeness (QED) is 0.636. The fraction of sp³-hybridized carbons (Fsp3) is 0.786. The van der Waals surface area contributed by atoms with Crippen molar-refractivity contribution in [3.05, 3.63) is 0 Å². The van der Waals surface area contributed by atoms with Crippen LogP contribution in [-0.4, -0.2) is 46.7 Å². The summed E-state index contributed by atoms with van der Waals surface area (Å²) >= 11 is 0. The Labute approximate surface area is 124 Å². The molecule has 0 bridgehead atoms. The number of nitrogens with one attached hydrogen (secondary N) is 2. The molecule has 1 amide bonds. The number of amides is 1. The molecule has 0 aliphatic carbocycles. The summed E-state index contributed by atoms with van der Waals surface area (Å²) in [5.74, 6) is -2.31. The average Bonchev–Trinajstić information content (AvgIpc) is 2.73. The van der Waals surface area contributed by atoms with Crippen LogP contribution in [-0.2, 0) is 19.1 Å². The second-order valence-electron chi connectivity index (χ2n) is 6.52. The molecule has 1 saturated heterocycles. The molecule has 0 aromatic heterocycles. The Hall–Kier alpha value is -1.63. The summed E-state index contributed by atoms with van der Waals surface area (Å²) in [4.78, 5) is 35.1. The molecule has 0 radical (unpaired) electrons. The molecule has 1 aliphatic heterocycles. The van der Waals surface area contributed by atoms with E-state index in [1.165, 1.54) is 0 Å². The van der Waals surface area contributed by atoms with E-state index < -0.39 is 41.4 Å². The number of ether oxygens (including phenoxy) is 1. The molecular formula is C14H24N2O5. The minimum absolute atomic E-state index is 0.394. The van der Waals surface area contributed by atoms with Crippen LogP contribution in [0.15, 0.2) is 0 Å². The summed E-state index contributed by atoms with van der Waals surface area (Å²) in [6.07, 6.45) is 1.10. The van der Waals surface area contributed by atoms with Crippen LogP contribution in [0.4, 0.5) is 0 Å². The minimum atomic E-state index is -1.29. The highest BCUT2D eigenvalue weighted by molar-refractivity contribution is 5.91. The third-order valence-electron chi connectivity index (χ3n) is 3.26. The van der Waals surface area contributed by atoms with Crippen LogP contribution in [0.1, 0.15) is 47.0 Å². The van der Waals surface area contributed by atoms with Crippen LogP contribution < -0.4 is 10.6 Å². The Balaban J connectivity index is 2.64.